The topological polar surface area (TPSA) is 70.2 Å². The van der Waals surface area contributed by atoms with Crippen LogP contribution in [-0.4, -0.2) is 20.8 Å². The molecule has 0 radical (unpaired) electrons. The normalized spacial score (nSPS) is 14.3. The zero-order valence-electron chi connectivity index (χ0n) is 19.6. The lowest BCUT2D eigenvalue weighted by Crippen LogP contribution is -2.37. The van der Waals surface area contributed by atoms with Crippen LogP contribution in [0.4, 0.5) is 5.69 Å². The fourth-order valence-electron chi connectivity index (χ4n) is 5.23. The van der Waals surface area contributed by atoms with Gasteiger partial charge in [-0.15, -0.1) is 0 Å². The number of para-hydroxylation sites is 3. The average molecular weight is 465 g/mol. The number of rotatable bonds is 3. The minimum atomic E-state index is -0.367. The zero-order chi connectivity index (χ0) is 24.3. The Kier molecular flexibility index (Phi) is 4.67. The van der Waals surface area contributed by atoms with Crippen LogP contribution < -0.4 is 21.3 Å². The molecule has 0 bridgehead atoms. The molecular weight excluding hydrogens is 440 g/mol. The Morgan fingerprint density at radius 2 is 1.51 bits per heavy atom. The summed E-state index contributed by atoms with van der Waals surface area (Å²) in [5.41, 5.74) is 5.16. The molecule has 6 rings (SSSR count). The molecule has 2 aromatic heterocycles. The van der Waals surface area contributed by atoms with Gasteiger partial charge < -0.3 is 14.6 Å². The van der Waals surface area contributed by atoms with Crippen molar-refractivity contribution in [1.82, 2.24) is 13.7 Å². The molecule has 1 N–H and O–H groups in total. The van der Waals surface area contributed by atoms with Crippen molar-refractivity contribution in [1.29, 1.82) is 0 Å². The molecule has 0 saturated heterocycles. The van der Waals surface area contributed by atoms with Crippen LogP contribution in [0, 0.1) is 0 Å². The zero-order valence-corrected chi connectivity index (χ0v) is 19.6. The summed E-state index contributed by atoms with van der Waals surface area (Å²) in [5, 5.41) is 4.17. The van der Waals surface area contributed by atoms with Crippen molar-refractivity contribution < 1.29 is 4.74 Å². The van der Waals surface area contributed by atoms with Crippen LogP contribution >= 0.6 is 0 Å². The molecular formula is C28H24N4O3. The lowest BCUT2D eigenvalue weighted by atomic mass is 9.98. The summed E-state index contributed by atoms with van der Waals surface area (Å²) in [7, 11) is 4.90. The van der Waals surface area contributed by atoms with Crippen molar-refractivity contribution in [3.8, 4) is 22.7 Å². The van der Waals surface area contributed by atoms with Crippen molar-refractivity contribution in [2.45, 2.75) is 6.04 Å². The van der Waals surface area contributed by atoms with Crippen LogP contribution in [0.5, 0.6) is 5.75 Å². The molecule has 1 aliphatic rings. The van der Waals surface area contributed by atoms with Crippen molar-refractivity contribution in [2.75, 3.05) is 12.4 Å². The summed E-state index contributed by atoms with van der Waals surface area (Å²) in [5.74, 6) is 0.723. The molecule has 7 nitrogen and oxygen atoms in total. The lowest BCUT2D eigenvalue weighted by molar-refractivity contribution is 0.408. The van der Waals surface area contributed by atoms with E-state index in [-0.39, 0.29) is 17.3 Å². The molecule has 0 saturated carbocycles. The van der Waals surface area contributed by atoms with Gasteiger partial charge in [0.2, 0.25) is 0 Å². The van der Waals surface area contributed by atoms with E-state index in [2.05, 4.69) is 9.88 Å². The SMILES string of the molecule is COc1ccccc1[C@H]1Nc2ccccc2-n2c(-c3ccccc3)c3c(=O)n(C)c(=O)n(C)c3c21. The summed E-state index contributed by atoms with van der Waals surface area (Å²) >= 11 is 0. The van der Waals surface area contributed by atoms with Gasteiger partial charge in [0.05, 0.1) is 46.8 Å². The Morgan fingerprint density at radius 1 is 0.829 bits per heavy atom. The van der Waals surface area contributed by atoms with Gasteiger partial charge in [-0.2, -0.15) is 0 Å². The number of hydrogen-bond donors (Lipinski definition) is 1. The highest BCUT2D eigenvalue weighted by molar-refractivity contribution is 5.99. The fraction of sp³-hybridized carbons (Fsp3) is 0.143. The second kappa shape index (κ2) is 7.77. The van der Waals surface area contributed by atoms with Gasteiger partial charge >= 0.3 is 5.69 Å². The van der Waals surface area contributed by atoms with Crippen molar-refractivity contribution in [2.24, 2.45) is 14.1 Å². The van der Waals surface area contributed by atoms with E-state index in [9.17, 15) is 9.59 Å². The Hall–Kier alpha value is -4.52. The van der Waals surface area contributed by atoms with Crippen molar-refractivity contribution >= 4 is 16.6 Å². The van der Waals surface area contributed by atoms with Gasteiger partial charge in [-0.05, 0) is 23.8 Å². The smallest absolute Gasteiger partial charge is 0.331 e. The van der Waals surface area contributed by atoms with E-state index in [4.69, 9.17) is 4.74 Å². The summed E-state index contributed by atoms with van der Waals surface area (Å²) in [6.07, 6.45) is 0. The van der Waals surface area contributed by atoms with E-state index >= 15 is 0 Å². The maximum Gasteiger partial charge on any atom is 0.331 e. The molecule has 1 aliphatic heterocycles. The molecule has 0 fully saturated rings. The highest BCUT2D eigenvalue weighted by atomic mass is 16.5. The van der Waals surface area contributed by atoms with Gasteiger partial charge in [0.25, 0.3) is 5.56 Å². The summed E-state index contributed by atoms with van der Waals surface area (Å²) in [6, 6.07) is 25.3. The minimum Gasteiger partial charge on any atom is -0.496 e. The Labute approximate surface area is 201 Å². The van der Waals surface area contributed by atoms with Gasteiger partial charge in [-0.1, -0.05) is 60.7 Å². The number of methoxy groups -OCH3 is 1. The van der Waals surface area contributed by atoms with Gasteiger partial charge in [-0.25, -0.2) is 4.79 Å². The number of aromatic nitrogens is 3. The maximum atomic E-state index is 13.7. The molecule has 0 amide bonds. The Morgan fingerprint density at radius 3 is 2.29 bits per heavy atom. The molecule has 35 heavy (non-hydrogen) atoms. The highest BCUT2D eigenvalue weighted by Gasteiger charge is 2.35. The second-order valence-corrected chi connectivity index (χ2v) is 8.70. The van der Waals surface area contributed by atoms with Gasteiger partial charge in [0.1, 0.15) is 5.75 Å². The van der Waals surface area contributed by atoms with Crippen LogP contribution in [0.1, 0.15) is 17.3 Å². The first kappa shape index (κ1) is 21.0. The number of hydrogen-bond acceptors (Lipinski definition) is 4. The molecule has 174 valence electrons. The molecule has 0 aliphatic carbocycles. The first-order valence-electron chi connectivity index (χ1n) is 11.4. The van der Waals surface area contributed by atoms with Crippen LogP contribution in [0.2, 0.25) is 0 Å². The first-order valence-corrected chi connectivity index (χ1v) is 11.4. The van der Waals surface area contributed by atoms with E-state index in [1.807, 2.05) is 78.9 Å². The number of aryl methyl sites for hydroxylation is 1. The van der Waals surface area contributed by atoms with Gasteiger partial charge in [0.15, 0.2) is 0 Å². The number of nitrogens with zero attached hydrogens (tertiary/aromatic N) is 3. The number of ether oxygens (including phenoxy) is 1. The standard InChI is InChI=1S/C28H24N4O3/c1-30-25-22(27(33)31(2)28(30)34)24(17-11-5-4-6-12-17)32-20-15-9-8-14-19(20)29-23(26(25)32)18-13-7-10-16-21(18)35-3/h4-16,23,29H,1-3H3/t23-/m1/s1. The molecule has 0 unspecified atom stereocenters. The van der Waals surface area contributed by atoms with E-state index in [0.29, 0.717) is 10.9 Å². The van der Waals surface area contributed by atoms with Crippen LogP contribution in [0.3, 0.4) is 0 Å². The number of anilines is 1. The quantitative estimate of drug-likeness (QED) is 0.434. The summed E-state index contributed by atoms with van der Waals surface area (Å²) in [6.45, 7) is 0. The number of fused-ring (bicyclic) bond motifs is 5. The second-order valence-electron chi connectivity index (χ2n) is 8.70. The van der Waals surface area contributed by atoms with Crippen LogP contribution in [0.15, 0.2) is 88.5 Å². The molecule has 0 spiro atoms. The molecule has 7 heteroatoms. The Balaban J connectivity index is 1.87. The predicted octanol–water partition coefficient (Wildman–Crippen LogP) is 4.22. The number of benzene rings is 3. The predicted molar refractivity (Wildman–Crippen MR) is 138 cm³/mol. The lowest BCUT2D eigenvalue weighted by Gasteiger charge is -2.31. The minimum absolute atomic E-state index is 0.319. The van der Waals surface area contributed by atoms with Crippen LogP contribution in [-0.2, 0) is 14.1 Å². The highest BCUT2D eigenvalue weighted by Crippen LogP contribution is 2.46. The first-order chi connectivity index (χ1) is 17.0. The van der Waals surface area contributed by atoms with E-state index in [1.54, 1.807) is 18.7 Å². The third-order valence-corrected chi connectivity index (χ3v) is 6.82. The Bertz CT molecular complexity index is 1730. The summed E-state index contributed by atoms with van der Waals surface area (Å²) < 4.78 is 10.6. The third kappa shape index (κ3) is 2.91. The van der Waals surface area contributed by atoms with E-state index in [0.717, 1.165) is 39.6 Å². The van der Waals surface area contributed by atoms with Gasteiger partial charge in [-0.3, -0.25) is 13.9 Å². The molecule has 5 aromatic rings. The largest absolute Gasteiger partial charge is 0.496 e. The maximum absolute atomic E-state index is 13.7. The molecule has 1 atom stereocenters. The molecule has 3 aromatic carbocycles. The monoisotopic (exact) mass is 464 g/mol. The van der Waals surface area contributed by atoms with Crippen LogP contribution in [0.25, 0.3) is 27.8 Å². The molecule has 3 heterocycles. The van der Waals surface area contributed by atoms with E-state index in [1.165, 1.54) is 11.6 Å². The average Bonchev–Trinajstić information content (AvgIpc) is 3.27. The third-order valence-electron chi connectivity index (χ3n) is 6.82. The van der Waals surface area contributed by atoms with Crippen molar-refractivity contribution in [3.63, 3.8) is 0 Å². The number of nitrogens with one attached hydrogen (secondary N) is 1. The fourth-order valence-corrected chi connectivity index (χ4v) is 5.23. The summed E-state index contributed by atoms with van der Waals surface area (Å²) in [4.78, 5) is 26.8. The van der Waals surface area contributed by atoms with E-state index < -0.39 is 0 Å². The van der Waals surface area contributed by atoms with Crippen molar-refractivity contribution in [3.05, 3.63) is 111 Å². The van der Waals surface area contributed by atoms with Gasteiger partial charge in [0, 0.05) is 19.7 Å².